The maximum atomic E-state index is 11.8. The Balaban J connectivity index is 3.08. The van der Waals surface area contributed by atoms with Gasteiger partial charge in [0.15, 0.2) is 9.84 Å². The van der Waals surface area contributed by atoms with Crippen LogP contribution in [0.25, 0.3) is 0 Å². The number of sulfone groups is 1. The van der Waals surface area contributed by atoms with Crippen molar-refractivity contribution in [3.8, 4) is 0 Å². The summed E-state index contributed by atoms with van der Waals surface area (Å²) in [5.41, 5.74) is 0.930. The smallest absolute Gasteiger partial charge is 0.232 e. The van der Waals surface area contributed by atoms with Gasteiger partial charge in [0, 0.05) is 12.1 Å². The predicted molar refractivity (Wildman–Crippen MR) is 77.0 cm³/mol. The number of anilines is 1. The summed E-state index contributed by atoms with van der Waals surface area (Å²) in [6.45, 7) is 1.70. The first-order valence-electron chi connectivity index (χ1n) is 5.53. The minimum absolute atomic E-state index is 0.0770. The fraction of sp³-hybridized carbons (Fsp3) is 0.455. The average molecular weight is 326 g/mol. The lowest BCUT2D eigenvalue weighted by Crippen LogP contribution is -2.18. The Bertz CT molecular complexity index is 653. The molecule has 0 saturated heterocycles. The molecule has 1 aromatic rings. The number of nitrogens with one attached hydrogen (secondary N) is 1. The largest absolute Gasteiger partial charge is 0.283 e. The van der Waals surface area contributed by atoms with E-state index >= 15 is 0 Å². The summed E-state index contributed by atoms with van der Waals surface area (Å²) < 4.78 is 48.8. The van der Waals surface area contributed by atoms with Gasteiger partial charge in [-0.2, -0.15) is 0 Å². The molecule has 1 N–H and O–H groups in total. The van der Waals surface area contributed by atoms with Crippen LogP contribution in [0.3, 0.4) is 0 Å². The van der Waals surface area contributed by atoms with Gasteiger partial charge >= 0.3 is 0 Å². The summed E-state index contributed by atoms with van der Waals surface area (Å²) in [7, 11) is -6.88. The number of hydrogen-bond acceptors (Lipinski definition) is 4. The third kappa shape index (κ3) is 5.00. The molecular formula is C11H16ClNO4S2. The monoisotopic (exact) mass is 325 g/mol. The minimum Gasteiger partial charge on any atom is -0.283 e. The van der Waals surface area contributed by atoms with Crippen molar-refractivity contribution in [3.63, 3.8) is 0 Å². The molecule has 5 nitrogen and oxygen atoms in total. The maximum Gasteiger partial charge on any atom is 0.232 e. The molecule has 0 bridgehead atoms. The van der Waals surface area contributed by atoms with Crippen LogP contribution in [0.15, 0.2) is 23.1 Å². The van der Waals surface area contributed by atoms with Gasteiger partial charge in [0.05, 0.1) is 16.3 Å². The highest BCUT2D eigenvalue weighted by Crippen LogP contribution is 2.21. The second kappa shape index (κ2) is 6.11. The molecule has 0 aliphatic heterocycles. The zero-order valence-corrected chi connectivity index (χ0v) is 13.1. The Kier molecular flexibility index (Phi) is 5.23. The number of hydrogen-bond donors (Lipinski definition) is 1. The lowest BCUT2D eigenvalue weighted by atomic mass is 10.2. The molecule has 1 aromatic carbocycles. The highest BCUT2D eigenvalue weighted by Gasteiger charge is 2.14. The summed E-state index contributed by atoms with van der Waals surface area (Å²) in [6.07, 6.45) is 1.41. The van der Waals surface area contributed by atoms with Crippen LogP contribution in [-0.2, 0) is 19.9 Å². The van der Waals surface area contributed by atoms with Crippen molar-refractivity contribution in [1.29, 1.82) is 0 Å². The van der Waals surface area contributed by atoms with E-state index < -0.39 is 19.9 Å². The molecule has 0 saturated carbocycles. The van der Waals surface area contributed by atoms with E-state index in [9.17, 15) is 16.8 Å². The summed E-state index contributed by atoms with van der Waals surface area (Å²) in [6, 6.07) is 4.33. The molecule has 1 rings (SSSR count). The molecule has 0 aliphatic rings. The van der Waals surface area contributed by atoms with E-state index in [0.717, 1.165) is 6.26 Å². The quantitative estimate of drug-likeness (QED) is 0.808. The first-order valence-corrected chi connectivity index (χ1v) is 9.61. The maximum absolute atomic E-state index is 11.8. The van der Waals surface area contributed by atoms with Gasteiger partial charge in [-0.05, 0) is 31.0 Å². The summed E-state index contributed by atoms with van der Waals surface area (Å²) in [5.74, 6) is 0.155. The van der Waals surface area contributed by atoms with Gasteiger partial charge in [-0.3, -0.25) is 4.72 Å². The van der Waals surface area contributed by atoms with E-state index in [1.165, 1.54) is 12.1 Å². The van der Waals surface area contributed by atoms with Crippen molar-refractivity contribution in [3.05, 3.63) is 23.8 Å². The molecule has 8 heteroatoms. The number of aryl methyl sites for hydroxylation is 1. The lowest BCUT2D eigenvalue weighted by molar-refractivity contribution is 0.598. The molecule has 0 heterocycles. The second-order valence-corrected chi connectivity index (χ2v) is 8.45. The van der Waals surface area contributed by atoms with Crippen LogP contribution in [0.5, 0.6) is 0 Å². The van der Waals surface area contributed by atoms with Crippen LogP contribution in [0.4, 0.5) is 5.69 Å². The van der Waals surface area contributed by atoms with Gasteiger partial charge in [0.1, 0.15) is 0 Å². The Morgan fingerprint density at radius 2 is 1.84 bits per heavy atom. The number of sulfonamides is 1. The molecule has 0 fully saturated rings. The van der Waals surface area contributed by atoms with Crippen LogP contribution in [0, 0.1) is 6.92 Å². The summed E-state index contributed by atoms with van der Waals surface area (Å²) in [5, 5.41) is 0. The molecule has 0 spiro atoms. The molecule has 0 radical (unpaired) electrons. The van der Waals surface area contributed by atoms with Crippen molar-refractivity contribution in [2.75, 3.05) is 22.6 Å². The third-order valence-electron chi connectivity index (χ3n) is 2.45. The van der Waals surface area contributed by atoms with E-state index in [-0.39, 0.29) is 22.2 Å². The standard InChI is InChI=1S/C11H16ClNO4S2/c1-9-4-5-10(18(2,14)15)8-11(9)13-19(16,17)7-3-6-12/h4-5,8,13H,3,6-7H2,1-2H3. The fourth-order valence-corrected chi connectivity index (χ4v) is 3.53. The van der Waals surface area contributed by atoms with Gasteiger partial charge in [-0.1, -0.05) is 6.07 Å². The van der Waals surface area contributed by atoms with Crippen LogP contribution in [0.1, 0.15) is 12.0 Å². The van der Waals surface area contributed by atoms with Gasteiger partial charge in [0.25, 0.3) is 0 Å². The number of alkyl halides is 1. The Labute approximate surface area is 118 Å². The SMILES string of the molecule is Cc1ccc(S(C)(=O)=O)cc1NS(=O)(=O)CCCCl. The Hall–Kier alpha value is -0.790. The van der Waals surface area contributed by atoms with Crippen LogP contribution >= 0.6 is 11.6 Å². The van der Waals surface area contributed by atoms with Crippen molar-refractivity contribution >= 4 is 37.1 Å². The van der Waals surface area contributed by atoms with E-state index in [1.54, 1.807) is 13.0 Å². The van der Waals surface area contributed by atoms with Gasteiger partial charge in [-0.25, -0.2) is 16.8 Å². The number of benzene rings is 1. The molecule has 0 unspecified atom stereocenters. The summed E-state index contributed by atoms with van der Waals surface area (Å²) >= 11 is 5.46. The third-order valence-corrected chi connectivity index (χ3v) is 5.18. The predicted octanol–water partition coefficient (Wildman–Crippen LogP) is 1.77. The molecule has 19 heavy (non-hydrogen) atoms. The molecule has 0 aliphatic carbocycles. The first-order chi connectivity index (χ1) is 8.65. The molecule has 108 valence electrons. The van der Waals surface area contributed by atoms with Crippen LogP contribution < -0.4 is 4.72 Å². The van der Waals surface area contributed by atoms with Crippen LogP contribution in [0.2, 0.25) is 0 Å². The van der Waals surface area contributed by atoms with Gasteiger partial charge < -0.3 is 0 Å². The molecule has 0 aromatic heterocycles. The minimum atomic E-state index is -3.51. The average Bonchev–Trinajstić information content (AvgIpc) is 2.28. The van der Waals surface area contributed by atoms with Gasteiger partial charge in [0.2, 0.25) is 10.0 Å². The molecule has 0 atom stereocenters. The highest BCUT2D eigenvalue weighted by molar-refractivity contribution is 7.92. The Morgan fingerprint density at radius 1 is 1.21 bits per heavy atom. The molecular weight excluding hydrogens is 310 g/mol. The van der Waals surface area contributed by atoms with Crippen molar-refractivity contribution in [2.24, 2.45) is 0 Å². The number of rotatable bonds is 6. The first kappa shape index (κ1) is 16.3. The van der Waals surface area contributed by atoms with Crippen molar-refractivity contribution in [1.82, 2.24) is 0 Å². The summed E-state index contributed by atoms with van der Waals surface area (Å²) in [4.78, 5) is 0.0770. The van der Waals surface area contributed by atoms with Crippen LogP contribution in [-0.4, -0.2) is 34.7 Å². The van der Waals surface area contributed by atoms with E-state index in [1.807, 2.05) is 0 Å². The topological polar surface area (TPSA) is 80.3 Å². The second-order valence-electron chi connectivity index (χ2n) is 4.21. The van der Waals surface area contributed by atoms with E-state index in [2.05, 4.69) is 4.72 Å². The van der Waals surface area contributed by atoms with Crippen molar-refractivity contribution < 1.29 is 16.8 Å². The lowest BCUT2D eigenvalue weighted by Gasteiger charge is -2.11. The van der Waals surface area contributed by atoms with E-state index in [4.69, 9.17) is 11.6 Å². The molecule has 0 amide bonds. The number of halogens is 1. The zero-order chi connectivity index (χ0) is 14.7. The van der Waals surface area contributed by atoms with Crippen molar-refractivity contribution in [2.45, 2.75) is 18.2 Å². The van der Waals surface area contributed by atoms with E-state index in [0.29, 0.717) is 12.0 Å². The highest BCUT2D eigenvalue weighted by atomic mass is 35.5. The normalized spacial score (nSPS) is 12.4. The van der Waals surface area contributed by atoms with Gasteiger partial charge in [-0.15, -0.1) is 11.6 Å². The zero-order valence-electron chi connectivity index (χ0n) is 10.7. The fourth-order valence-electron chi connectivity index (χ4n) is 1.40. The Morgan fingerprint density at radius 3 is 2.37 bits per heavy atom.